The van der Waals surface area contributed by atoms with Crippen LogP contribution in [0.2, 0.25) is 5.02 Å². The van der Waals surface area contributed by atoms with Gasteiger partial charge in [0.05, 0.1) is 10.7 Å². The molecule has 2 aromatic rings. The molecule has 0 spiro atoms. The maximum absolute atomic E-state index is 13.8. The summed E-state index contributed by atoms with van der Waals surface area (Å²) in [7, 11) is 0. The van der Waals surface area contributed by atoms with Gasteiger partial charge in [-0.1, -0.05) is 33.6 Å². The molecule has 0 radical (unpaired) electrons. The fourth-order valence-corrected chi connectivity index (χ4v) is 2.41. The minimum Gasteiger partial charge on any atom is -0.380 e. The molecular weight excluding hydrogens is 347 g/mol. The average Bonchev–Trinajstić information content (AvgIpc) is 2.38. The van der Waals surface area contributed by atoms with Crippen molar-refractivity contribution in [1.82, 2.24) is 0 Å². The van der Waals surface area contributed by atoms with Gasteiger partial charge in [-0.15, -0.1) is 0 Å². The lowest BCUT2D eigenvalue weighted by molar-refractivity contribution is 0.1000. The Bertz CT molecular complexity index is 664. The Balaban J connectivity index is 2.13. The molecule has 0 atom stereocenters. The summed E-state index contributed by atoms with van der Waals surface area (Å²) in [5.41, 5.74) is 6.36. The third kappa shape index (κ3) is 3.49. The lowest BCUT2D eigenvalue weighted by Gasteiger charge is -2.10. The summed E-state index contributed by atoms with van der Waals surface area (Å²) < 4.78 is 14.7. The van der Waals surface area contributed by atoms with Crippen LogP contribution in [0, 0.1) is 5.82 Å². The normalized spacial score (nSPS) is 10.3. The molecule has 2 aromatic carbocycles. The quantitative estimate of drug-likeness (QED) is 0.870. The molecule has 0 aliphatic heterocycles. The standard InChI is InChI=1S/C14H11BrClFN2O/c15-10-3-4-13(11(16)6-10)19-7-9-2-1-8(14(18)20)5-12(9)17/h1-6,19H,7H2,(H2,18,20). The molecule has 0 aliphatic carbocycles. The highest BCUT2D eigenvalue weighted by Gasteiger charge is 2.08. The molecule has 2 rings (SSSR count). The molecule has 6 heteroatoms. The minimum absolute atomic E-state index is 0.146. The topological polar surface area (TPSA) is 55.1 Å². The van der Waals surface area contributed by atoms with Crippen LogP contribution < -0.4 is 11.1 Å². The predicted octanol–water partition coefficient (Wildman–Crippen LogP) is 3.95. The maximum atomic E-state index is 13.8. The zero-order valence-corrected chi connectivity index (χ0v) is 12.6. The van der Waals surface area contributed by atoms with Gasteiger partial charge in [0.2, 0.25) is 5.91 Å². The van der Waals surface area contributed by atoms with Crippen LogP contribution in [0.15, 0.2) is 40.9 Å². The Kier molecular flexibility index (Phi) is 4.62. The second-order valence-corrected chi connectivity index (χ2v) is 5.47. The number of primary amides is 1. The number of hydrogen-bond donors (Lipinski definition) is 2. The molecule has 1 amide bonds. The zero-order valence-electron chi connectivity index (χ0n) is 10.3. The summed E-state index contributed by atoms with van der Waals surface area (Å²) >= 11 is 9.36. The summed E-state index contributed by atoms with van der Waals surface area (Å²) in [5, 5.41) is 3.57. The van der Waals surface area contributed by atoms with E-state index >= 15 is 0 Å². The molecule has 0 saturated heterocycles. The van der Waals surface area contributed by atoms with E-state index < -0.39 is 11.7 Å². The fourth-order valence-electron chi connectivity index (χ4n) is 1.67. The molecule has 3 nitrogen and oxygen atoms in total. The van der Waals surface area contributed by atoms with Crippen LogP contribution in [0.25, 0.3) is 0 Å². The van der Waals surface area contributed by atoms with Crippen molar-refractivity contribution in [3.63, 3.8) is 0 Å². The van der Waals surface area contributed by atoms with Crippen molar-refractivity contribution in [2.45, 2.75) is 6.54 Å². The van der Waals surface area contributed by atoms with E-state index in [-0.39, 0.29) is 12.1 Å². The smallest absolute Gasteiger partial charge is 0.248 e. The number of carbonyl (C=O) groups is 1. The first-order valence-corrected chi connectivity index (χ1v) is 6.91. The first-order valence-electron chi connectivity index (χ1n) is 5.74. The molecule has 0 fully saturated rings. The highest BCUT2D eigenvalue weighted by atomic mass is 79.9. The van der Waals surface area contributed by atoms with Crippen molar-refractivity contribution >= 4 is 39.1 Å². The van der Waals surface area contributed by atoms with Crippen LogP contribution in [-0.2, 0) is 6.54 Å². The van der Waals surface area contributed by atoms with Crippen molar-refractivity contribution in [1.29, 1.82) is 0 Å². The Morgan fingerprint density at radius 2 is 2.05 bits per heavy atom. The highest BCUT2D eigenvalue weighted by Crippen LogP contribution is 2.26. The number of hydrogen-bond acceptors (Lipinski definition) is 2. The van der Waals surface area contributed by atoms with E-state index in [1.165, 1.54) is 12.1 Å². The molecule has 0 saturated carbocycles. The third-order valence-corrected chi connectivity index (χ3v) is 3.54. The maximum Gasteiger partial charge on any atom is 0.248 e. The van der Waals surface area contributed by atoms with Crippen molar-refractivity contribution in [2.75, 3.05) is 5.32 Å². The van der Waals surface area contributed by atoms with Crippen LogP contribution in [0.4, 0.5) is 10.1 Å². The van der Waals surface area contributed by atoms with Crippen LogP contribution in [0.5, 0.6) is 0 Å². The number of benzene rings is 2. The Morgan fingerprint density at radius 3 is 2.65 bits per heavy atom. The van der Waals surface area contributed by atoms with Gasteiger partial charge >= 0.3 is 0 Å². The van der Waals surface area contributed by atoms with E-state index in [1.807, 2.05) is 6.07 Å². The van der Waals surface area contributed by atoms with Gasteiger partial charge in [0.15, 0.2) is 0 Å². The number of nitrogens with one attached hydrogen (secondary N) is 1. The van der Waals surface area contributed by atoms with Crippen molar-refractivity contribution in [3.05, 3.63) is 62.8 Å². The van der Waals surface area contributed by atoms with Gasteiger partial charge < -0.3 is 11.1 Å². The van der Waals surface area contributed by atoms with Crippen LogP contribution in [0.1, 0.15) is 15.9 Å². The van der Waals surface area contributed by atoms with Crippen molar-refractivity contribution in [3.8, 4) is 0 Å². The van der Waals surface area contributed by atoms with Crippen LogP contribution in [-0.4, -0.2) is 5.91 Å². The van der Waals surface area contributed by atoms with Gasteiger partial charge in [-0.3, -0.25) is 4.79 Å². The van der Waals surface area contributed by atoms with E-state index in [2.05, 4.69) is 21.2 Å². The van der Waals surface area contributed by atoms with Crippen molar-refractivity contribution in [2.24, 2.45) is 5.73 Å². The van der Waals surface area contributed by atoms with Gasteiger partial charge in [0.1, 0.15) is 5.82 Å². The number of carbonyl (C=O) groups excluding carboxylic acids is 1. The molecule has 0 aromatic heterocycles. The first kappa shape index (κ1) is 14.8. The molecular formula is C14H11BrClFN2O. The van der Waals surface area contributed by atoms with E-state index in [0.29, 0.717) is 16.3 Å². The van der Waals surface area contributed by atoms with Gasteiger partial charge in [-0.25, -0.2) is 4.39 Å². The highest BCUT2D eigenvalue weighted by molar-refractivity contribution is 9.10. The van der Waals surface area contributed by atoms with E-state index in [0.717, 1.165) is 10.5 Å². The van der Waals surface area contributed by atoms with Crippen molar-refractivity contribution < 1.29 is 9.18 Å². The number of rotatable bonds is 4. The van der Waals surface area contributed by atoms with Gasteiger partial charge in [-0.05, 0) is 30.3 Å². The number of nitrogens with two attached hydrogens (primary N) is 1. The van der Waals surface area contributed by atoms with Gasteiger partial charge in [0, 0.05) is 22.1 Å². The lowest BCUT2D eigenvalue weighted by atomic mass is 10.1. The molecule has 20 heavy (non-hydrogen) atoms. The summed E-state index contributed by atoms with van der Waals surface area (Å²) in [5.74, 6) is -1.14. The van der Waals surface area contributed by atoms with Crippen LogP contribution >= 0.6 is 27.5 Å². The van der Waals surface area contributed by atoms with Gasteiger partial charge in [0.25, 0.3) is 0 Å². The van der Waals surface area contributed by atoms with E-state index in [9.17, 15) is 9.18 Å². The lowest BCUT2D eigenvalue weighted by Crippen LogP contribution is -2.12. The summed E-state index contributed by atoms with van der Waals surface area (Å²) in [6.45, 7) is 0.256. The third-order valence-electron chi connectivity index (χ3n) is 2.74. The number of anilines is 1. The number of halogens is 3. The summed E-state index contributed by atoms with van der Waals surface area (Å²) in [6, 6.07) is 9.52. The fraction of sp³-hybridized carbons (Fsp3) is 0.0714. The zero-order chi connectivity index (χ0) is 14.7. The average molecular weight is 358 g/mol. The SMILES string of the molecule is NC(=O)c1ccc(CNc2ccc(Br)cc2Cl)c(F)c1. The Labute approximate surface area is 129 Å². The summed E-state index contributed by atoms with van der Waals surface area (Å²) in [6.07, 6.45) is 0. The van der Waals surface area contributed by atoms with Crippen LogP contribution in [0.3, 0.4) is 0 Å². The molecule has 3 N–H and O–H groups in total. The summed E-state index contributed by atoms with van der Waals surface area (Å²) in [4.78, 5) is 10.9. The second kappa shape index (κ2) is 6.24. The molecule has 0 bridgehead atoms. The Morgan fingerprint density at radius 1 is 1.30 bits per heavy atom. The van der Waals surface area contributed by atoms with E-state index in [4.69, 9.17) is 17.3 Å². The van der Waals surface area contributed by atoms with E-state index in [1.54, 1.807) is 12.1 Å². The molecule has 0 aliphatic rings. The molecule has 104 valence electrons. The van der Waals surface area contributed by atoms with Gasteiger partial charge in [-0.2, -0.15) is 0 Å². The largest absolute Gasteiger partial charge is 0.380 e. The number of amides is 1. The first-order chi connectivity index (χ1) is 9.47. The predicted molar refractivity (Wildman–Crippen MR) is 81.4 cm³/mol. The minimum atomic E-state index is -0.653. The Hall–Kier alpha value is -1.59. The second-order valence-electron chi connectivity index (χ2n) is 4.15. The monoisotopic (exact) mass is 356 g/mol. The molecule has 0 unspecified atom stereocenters. The molecule has 0 heterocycles.